The van der Waals surface area contributed by atoms with Crippen molar-refractivity contribution in [3.63, 3.8) is 0 Å². The molecule has 0 saturated carbocycles. The SMILES string of the molecule is CC(C)C[C@@H](c1ccc(Br)c(F)c1)N1CCNCC1.Cl. The van der Waals surface area contributed by atoms with E-state index in [1.54, 1.807) is 6.07 Å². The Balaban J connectivity index is 0.00000200. The highest BCUT2D eigenvalue weighted by molar-refractivity contribution is 9.10. The molecule has 2 nitrogen and oxygen atoms in total. The van der Waals surface area contributed by atoms with Crippen LogP contribution >= 0.6 is 28.3 Å². The number of piperazine rings is 1. The topological polar surface area (TPSA) is 15.3 Å². The number of benzene rings is 1. The molecule has 1 aromatic carbocycles. The van der Waals surface area contributed by atoms with Gasteiger partial charge in [0.25, 0.3) is 0 Å². The van der Waals surface area contributed by atoms with Crippen LogP contribution < -0.4 is 5.32 Å². The lowest BCUT2D eigenvalue weighted by Gasteiger charge is -2.36. The summed E-state index contributed by atoms with van der Waals surface area (Å²) in [6.45, 7) is 8.57. The van der Waals surface area contributed by atoms with E-state index in [4.69, 9.17) is 0 Å². The Kier molecular flexibility index (Phi) is 7.45. The fraction of sp³-hybridized carbons (Fsp3) is 0.600. The van der Waals surface area contributed by atoms with Crippen molar-refractivity contribution < 1.29 is 4.39 Å². The third-order valence-corrected chi connectivity index (χ3v) is 4.26. The highest BCUT2D eigenvalue weighted by atomic mass is 79.9. The van der Waals surface area contributed by atoms with Crippen molar-refractivity contribution in [2.45, 2.75) is 26.3 Å². The number of halogens is 3. The standard InChI is InChI=1S/C15H22BrFN2.ClH/c1-11(2)9-15(19-7-5-18-6-8-19)12-3-4-13(16)14(17)10-12;/h3-4,10-11,15,18H,5-9H2,1-2H3;1H/t15-;/m0./s1. The molecule has 1 N–H and O–H groups in total. The maximum absolute atomic E-state index is 13.8. The Morgan fingerprint density at radius 3 is 2.50 bits per heavy atom. The average molecular weight is 366 g/mol. The molecule has 0 bridgehead atoms. The molecule has 1 aliphatic rings. The van der Waals surface area contributed by atoms with E-state index in [0.717, 1.165) is 38.2 Å². The van der Waals surface area contributed by atoms with E-state index in [9.17, 15) is 4.39 Å². The third-order valence-electron chi connectivity index (χ3n) is 3.62. The molecule has 5 heteroatoms. The van der Waals surface area contributed by atoms with Gasteiger partial charge in [-0.1, -0.05) is 19.9 Å². The third kappa shape index (κ3) is 4.69. The molecule has 0 unspecified atom stereocenters. The van der Waals surface area contributed by atoms with Crippen molar-refractivity contribution in [1.82, 2.24) is 10.2 Å². The van der Waals surface area contributed by atoms with Crippen LogP contribution in [-0.4, -0.2) is 31.1 Å². The molecule has 0 amide bonds. The van der Waals surface area contributed by atoms with Crippen LogP contribution in [0.2, 0.25) is 0 Å². The average Bonchev–Trinajstić information content (AvgIpc) is 2.40. The first-order chi connectivity index (χ1) is 9.08. The van der Waals surface area contributed by atoms with E-state index in [0.29, 0.717) is 16.4 Å². The molecule has 20 heavy (non-hydrogen) atoms. The van der Waals surface area contributed by atoms with E-state index >= 15 is 0 Å². The fourth-order valence-electron chi connectivity index (χ4n) is 2.66. The van der Waals surface area contributed by atoms with Gasteiger partial charge in [-0.25, -0.2) is 4.39 Å². The summed E-state index contributed by atoms with van der Waals surface area (Å²) in [4.78, 5) is 2.47. The van der Waals surface area contributed by atoms with E-state index in [2.05, 4.69) is 40.0 Å². The quantitative estimate of drug-likeness (QED) is 0.867. The molecule has 2 rings (SSSR count). The first-order valence-electron chi connectivity index (χ1n) is 6.97. The van der Waals surface area contributed by atoms with E-state index in [-0.39, 0.29) is 18.2 Å². The van der Waals surface area contributed by atoms with Crippen LogP contribution in [0.5, 0.6) is 0 Å². The summed E-state index contributed by atoms with van der Waals surface area (Å²) in [6.07, 6.45) is 1.07. The number of nitrogens with zero attached hydrogens (tertiary/aromatic N) is 1. The van der Waals surface area contributed by atoms with Gasteiger partial charge >= 0.3 is 0 Å². The Labute approximate surface area is 135 Å². The summed E-state index contributed by atoms with van der Waals surface area (Å²) >= 11 is 3.23. The van der Waals surface area contributed by atoms with Gasteiger partial charge in [0.15, 0.2) is 0 Å². The van der Waals surface area contributed by atoms with Gasteiger partial charge < -0.3 is 5.32 Å². The van der Waals surface area contributed by atoms with Gasteiger partial charge in [-0.15, -0.1) is 12.4 Å². The minimum Gasteiger partial charge on any atom is -0.314 e. The van der Waals surface area contributed by atoms with Gasteiger partial charge in [0.2, 0.25) is 0 Å². The zero-order valence-electron chi connectivity index (χ0n) is 12.0. The number of hydrogen-bond donors (Lipinski definition) is 1. The van der Waals surface area contributed by atoms with Gasteiger partial charge in [-0.3, -0.25) is 4.90 Å². The lowest BCUT2D eigenvalue weighted by Crippen LogP contribution is -2.45. The summed E-state index contributed by atoms with van der Waals surface area (Å²) < 4.78 is 14.3. The Morgan fingerprint density at radius 2 is 1.95 bits per heavy atom. The summed E-state index contributed by atoms with van der Waals surface area (Å²) in [5.41, 5.74) is 1.09. The first kappa shape index (κ1) is 17.9. The molecule has 0 aliphatic carbocycles. The molecule has 1 aromatic rings. The normalized spacial score (nSPS) is 17.9. The summed E-state index contributed by atoms with van der Waals surface area (Å²) in [5, 5.41) is 3.37. The Hall–Kier alpha value is -0.160. The minimum absolute atomic E-state index is 0. The van der Waals surface area contributed by atoms with Crippen LogP contribution in [0.25, 0.3) is 0 Å². The van der Waals surface area contributed by atoms with E-state index in [1.807, 2.05) is 12.1 Å². The predicted octanol–water partition coefficient (Wildman–Crippen LogP) is 4.00. The molecule has 1 heterocycles. The van der Waals surface area contributed by atoms with Gasteiger partial charge in [0.05, 0.1) is 4.47 Å². The van der Waals surface area contributed by atoms with Crippen LogP contribution in [0.4, 0.5) is 4.39 Å². The van der Waals surface area contributed by atoms with Crippen molar-refractivity contribution in [3.05, 3.63) is 34.1 Å². The molecule has 0 aromatic heterocycles. The highest BCUT2D eigenvalue weighted by Gasteiger charge is 2.23. The Morgan fingerprint density at radius 1 is 1.30 bits per heavy atom. The number of nitrogens with one attached hydrogen (secondary N) is 1. The highest BCUT2D eigenvalue weighted by Crippen LogP contribution is 2.30. The molecule has 1 saturated heterocycles. The van der Waals surface area contributed by atoms with Gasteiger partial charge in [-0.05, 0) is 46.0 Å². The predicted molar refractivity (Wildman–Crippen MR) is 88.0 cm³/mol. The smallest absolute Gasteiger partial charge is 0.137 e. The molecule has 114 valence electrons. The van der Waals surface area contributed by atoms with Crippen LogP contribution in [0.1, 0.15) is 31.9 Å². The van der Waals surface area contributed by atoms with Crippen molar-refractivity contribution in [1.29, 1.82) is 0 Å². The summed E-state index contributed by atoms with van der Waals surface area (Å²) in [7, 11) is 0. The summed E-state index contributed by atoms with van der Waals surface area (Å²) in [6, 6.07) is 5.87. The van der Waals surface area contributed by atoms with E-state index < -0.39 is 0 Å². The maximum atomic E-state index is 13.8. The second-order valence-electron chi connectivity index (χ2n) is 5.60. The Bertz CT molecular complexity index is 422. The zero-order chi connectivity index (χ0) is 13.8. The van der Waals surface area contributed by atoms with Crippen LogP contribution in [0, 0.1) is 11.7 Å². The molecule has 1 atom stereocenters. The van der Waals surface area contributed by atoms with Gasteiger partial charge in [0.1, 0.15) is 5.82 Å². The monoisotopic (exact) mass is 364 g/mol. The first-order valence-corrected chi connectivity index (χ1v) is 7.77. The number of hydrogen-bond acceptors (Lipinski definition) is 2. The van der Waals surface area contributed by atoms with E-state index in [1.165, 1.54) is 0 Å². The van der Waals surface area contributed by atoms with Crippen LogP contribution in [-0.2, 0) is 0 Å². The molecule has 0 spiro atoms. The molecular formula is C15H23BrClFN2. The van der Waals surface area contributed by atoms with Crippen LogP contribution in [0.15, 0.2) is 22.7 Å². The maximum Gasteiger partial charge on any atom is 0.137 e. The minimum atomic E-state index is -0.165. The van der Waals surface area contributed by atoms with Gasteiger partial charge in [-0.2, -0.15) is 0 Å². The van der Waals surface area contributed by atoms with Crippen molar-refractivity contribution in [3.8, 4) is 0 Å². The van der Waals surface area contributed by atoms with Crippen molar-refractivity contribution >= 4 is 28.3 Å². The molecule has 1 aliphatic heterocycles. The molecule has 1 fully saturated rings. The largest absolute Gasteiger partial charge is 0.314 e. The number of rotatable bonds is 4. The molecular weight excluding hydrogens is 343 g/mol. The second-order valence-corrected chi connectivity index (χ2v) is 6.46. The lowest BCUT2D eigenvalue weighted by atomic mass is 9.95. The van der Waals surface area contributed by atoms with Crippen molar-refractivity contribution in [2.24, 2.45) is 5.92 Å². The second kappa shape index (κ2) is 8.32. The zero-order valence-corrected chi connectivity index (χ0v) is 14.4. The summed E-state index contributed by atoms with van der Waals surface area (Å²) in [5.74, 6) is 0.438. The van der Waals surface area contributed by atoms with Crippen LogP contribution in [0.3, 0.4) is 0 Å². The van der Waals surface area contributed by atoms with Gasteiger partial charge in [0, 0.05) is 32.2 Å². The lowest BCUT2D eigenvalue weighted by molar-refractivity contribution is 0.154. The fourth-order valence-corrected chi connectivity index (χ4v) is 2.90. The molecule has 0 radical (unpaired) electrons. The van der Waals surface area contributed by atoms with Crippen molar-refractivity contribution in [2.75, 3.05) is 26.2 Å².